The van der Waals surface area contributed by atoms with Crippen molar-refractivity contribution in [3.8, 4) is 5.75 Å². The second-order valence-corrected chi connectivity index (χ2v) is 4.52. The average molecular weight is 269 g/mol. The number of hydrogen-bond acceptors (Lipinski definition) is 2. The van der Waals surface area contributed by atoms with E-state index >= 15 is 0 Å². The molecule has 0 unspecified atom stereocenters. The van der Waals surface area contributed by atoms with E-state index in [2.05, 4.69) is 0 Å². The van der Waals surface area contributed by atoms with Crippen molar-refractivity contribution < 1.29 is 4.74 Å². The Bertz CT molecular complexity index is 332. The highest BCUT2D eigenvalue weighted by molar-refractivity contribution is 6.37. The van der Waals surface area contributed by atoms with Crippen LogP contribution < -0.4 is 10.5 Å². The summed E-state index contributed by atoms with van der Waals surface area (Å²) in [4.78, 5) is 0. The third-order valence-corrected chi connectivity index (χ3v) is 2.91. The Morgan fingerprint density at radius 3 is 2.27 bits per heavy atom. The van der Waals surface area contributed by atoms with Gasteiger partial charge in [0, 0.05) is 0 Å². The smallest absolute Gasteiger partial charge is 0.156 e. The van der Waals surface area contributed by atoms with Gasteiger partial charge in [0.1, 0.15) is 6.61 Å². The molecular weight excluding hydrogens is 256 g/mol. The average Bonchev–Trinajstić information content (AvgIpc) is 2.83. The predicted octanol–water partition coefficient (Wildman–Crippen LogP) is 3.29. The monoisotopic (exact) mass is 267 g/mol. The first-order valence-corrected chi connectivity index (χ1v) is 5.22. The number of hydrogen-bond donors (Lipinski definition) is 1. The maximum absolute atomic E-state index is 5.93. The Labute approximate surface area is 105 Å². The molecule has 0 amide bonds. The van der Waals surface area contributed by atoms with Crippen LogP contribution in [-0.2, 0) is 0 Å². The molecule has 1 aromatic rings. The SMILES string of the molecule is Cl.NC1(COc2c(Cl)cccc2Cl)CC1. The molecule has 0 spiro atoms. The lowest BCUT2D eigenvalue weighted by Crippen LogP contribution is -2.29. The molecule has 5 heteroatoms. The van der Waals surface area contributed by atoms with Crippen molar-refractivity contribution >= 4 is 35.6 Å². The van der Waals surface area contributed by atoms with Gasteiger partial charge in [-0.25, -0.2) is 0 Å². The van der Waals surface area contributed by atoms with E-state index in [9.17, 15) is 0 Å². The van der Waals surface area contributed by atoms with Gasteiger partial charge in [0.15, 0.2) is 5.75 Å². The van der Waals surface area contributed by atoms with Gasteiger partial charge in [-0.2, -0.15) is 0 Å². The molecule has 0 aliphatic heterocycles. The fraction of sp³-hybridized carbons (Fsp3) is 0.400. The summed E-state index contributed by atoms with van der Waals surface area (Å²) in [6.07, 6.45) is 2.02. The van der Waals surface area contributed by atoms with E-state index in [0.717, 1.165) is 12.8 Å². The summed E-state index contributed by atoms with van der Waals surface area (Å²) >= 11 is 11.9. The van der Waals surface area contributed by atoms with Crippen molar-refractivity contribution in [3.63, 3.8) is 0 Å². The van der Waals surface area contributed by atoms with E-state index in [-0.39, 0.29) is 17.9 Å². The number of nitrogens with two attached hydrogens (primary N) is 1. The molecule has 1 saturated carbocycles. The van der Waals surface area contributed by atoms with Crippen molar-refractivity contribution in [3.05, 3.63) is 28.2 Å². The van der Waals surface area contributed by atoms with Gasteiger partial charge in [-0.15, -0.1) is 12.4 Å². The van der Waals surface area contributed by atoms with E-state index in [1.165, 1.54) is 0 Å². The standard InChI is InChI=1S/C10H11Cl2NO.ClH/c11-7-2-1-3-8(12)9(7)14-6-10(13)4-5-10;/h1-3H,4-6,13H2;1H. The zero-order chi connectivity index (χ0) is 10.2. The zero-order valence-electron chi connectivity index (χ0n) is 8.00. The lowest BCUT2D eigenvalue weighted by atomic mass is 10.3. The number of benzene rings is 1. The van der Waals surface area contributed by atoms with E-state index < -0.39 is 0 Å². The van der Waals surface area contributed by atoms with E-state index in [1.807, 2.05) is 0 Å². The highest BCUT2D eigenvalue weighted by Crippen LogP contribution is 2.36. The molecule has 0 aromatic heterocycles. The van der Waals surface area contributed by atoms with E-state index in [1.54, 1.807) is 18.2 Å². The van der Waals surface area contributed by atoms with Gasteiger partial charge in [0.05, 0.1) is 15.6 Å². The van der Waals surface area contributed by atoms with Crippen LogP contribution in [0.2, 0.25) is 10.0 Å². The van der Waals surface area contributed by atoms with Crippen LogP contribution in [0.15, 0.2) is 18.2 Å². The molecule has 1 aromatic carbocycles. The highest BCUT2D eigenvalue weighted by Gasteiger charge is 2.39. The molecule has 0 saturated heterocycles. The molecule has 1 aliphatic carbocycles. The molecular formula is C10H12Cl3NO. The van der Waals surface area contributed by atoms with Gasteiger partial charge in [0.25, 0.3) is 0 Å². The molecule has 0 bridgehead atoms. The first kappa shape index (κ1) is 12.9. The summed E-state index contributed by atoms with van der Waals surface area (Å²) in [6.45, 7) is 0.483. The molecule has 0 radical (unpaired) electrons. The summed E-state index contributed by atoms with van der Waals surface area (Å²) in [5, 5.41) is 1.06. The number of para-hydroxylation sites is 1. The minimum Gasteiger partial charge on any atom is -0.489 e. The predicted molar refractivity (Wildman–Crippen MR) is 65.4 cm³/mol. The lowest BCUT2D eigenvalue weighted by molar-refractivity contribution is 0.280. The van der Waals surface area contributed by atoms with Gasteiger partial charge >= 0.3 is 0 Å². The van der Waals surface area contributed by atoms with Crippen LogP contribution in [0.1, 0.15) is 12.8 Å². The van der Waals surface area contributed by atoms with Crippen LogP contribution in [0.4, 0.5) is 0 Å². The first-order chi connectivity index (χ1) is 6.61. The quantitative estimate of drug-likeness (QED) is 0.913. The molecule has 1 aliphatic rings. The summed E-state index contributed by atoms with van der Waals surface area (Å²) in [5.41, 5.74) is 5.73. The molecule has 0 atom stereocenters. The third kappa shape index (κ3) is 3.15. The second kappa shape index (κ2) is 4.79. The van der Waals surface area contributed by atoms with Gasteiger partial charge in [-0.1, -0.05) is 29.3 Å². The summed E-state index contributed by atoms with van der Waals surface area (Å²) in [7, 11) is 0. The van der Waals surface area contributed by atoms with Crippen LogP contribution in [0.5, 0.6) is 5.75 Å². The summed E-state index contributed by atoms with van der Waals surface area (Å²) in [6, 6.07) is 5.28. The molecule has 2 N–H and O–H groups in total. The summed E-state index contributed by atoms with van der Waals surface area (Å²) < 4.78 is 5.51. The zero-order valence-corrected chi connectivity index (χ0v) is 10.3. The van der Waals surface area contributed by atoms with Crippen molar-refractivity contribution in [1.82, 2.24) is 0 Å². The number of rotatable bonds is 3. The van der Waals surface area contributed by atoms with Crippen LogP contribution in [-0.4, -0.2) is 12.1 Å². The highest BCUT2D eigenvalue weighted by atomic mass is 35.5. The van der Waals surface area contributed by atoms with Gasteiger partial charge in [0.2, 0.25) is 0 Å². The molecule has 15 heavy (non-hydrogen) atoms. The van der Waals surface area contributed by atoms with Crippen LogP contribution in [0, 0.1) is 0 Å². The van der Waals surface area contributed by atoms with E-state index in [4.69, 9.17) is 33.7 Å². The maximum Gasteiger partial charge on any atom is 0.156 e. The maximum atomic E-state index is 5.93. The van der Waals surface area contributed by atoms with Gasteiger partial charge in [-0.3, -0.25) is 0 Å². The Balaban J connectivity index is 0.00000112. The van der Waals surface area contributed by atoms with Crippen LogP contribution in [0.3, 0.4) is 0 Å². The number of ether oxygens (including phenoxy) is 1. The van der Waals surface area contributed by atoms with Crippen molar-refractivity contribution in [2.45, 2.75) is 18.4 Å². The van der Waals surface area contributed by atoms with Gasteiger partial charge in [-0.05, 0) is 25.0 Å². The minimum absolute atomic E-state index is 0. The Hall–Kier alpha value is -0.150. The number of halogens is 3. The first-order valence-electron chi connectivity index (χ1n) is 4.46. The topological polar surface area (TPSA) is 35.2 Å². The normalized spacial score (nSPS) is 16.7. The van der Waals surface area contributed by atoms with Crippen molar-refractivity contribution in [2.24, 2.45) is 5.73 Å². The molecule has 2 rings (SSSR count). The fourth-order valence-corrected chi connectivity index (χ4v) is 1.65. The van der Waals surface area contributed by atoms with Crippen molar-refractivity contribution in [1.29, 1.82) is 0 Å². The fourth-order valence-electron chi connectivity index (χ4n) is 1.14. The van der Waals surface area contributed by atoms with E-state index in [0.29, 0.717) is 22.4 Å². The second-order valence-electron chi connectivity index (χ2n) is 3.70. The lowest BCUT2D eigenvalue weighted by Gasteiger charge is -2.13. The Kier molecular flexibility index (Phi) is 4.13. The molecule has 2 nitrogen and oxygen atoms in total. The van der Waals surface area contributed by atoms with Crippen LogP contribution in [0.25, 0.3) is 0 Å². The molecule has 0 heterocycles. The Morgan fingerprint density at radius 2 is 1.80 bits per heavy atom. The third-order valence-electron chi connectivity index (χ3n) is 2.32. The summed E-state index contributed by atoms with van der Waals surface area (Å²) in [5.74, 6) is 0.535. The molecule has 84 valence electrons. The van der Waals surface area contributed by atoms with Crippen LogP contribution >= 0.6 is 35.6 Å². The largest absolute Gasteiger partial charge is 0.489 e. The van der Waals surface area contributed by atoms with Gasteiger partial charge < -0.3 is 10.5 Å². The van der Waals surface area contributed by atoms with Crippen molar-refractivity contribution in [2.75, 3.05) is 6.61 Å². The Morgan fingerprint density at radius 1 is 1.27 bits per heavy atom. The molecule has 1 fully saturated rings. The minimum atomic E-state index is -0.150.